The van der Waals surface area contributed by atoms with Gasteiger partial charge in [-0.3, -0.25) is 9.78 Å². The van der Waals surface area contributed by atoms with Crippen LogP contribution in [-0.2, 0) is 0 Å². The molecule has 1 N–H and O–H groups in total. The van der Waals surface area contributed by atoms with Crippen molar-refractivity contribution in [3.63, 3.8) is 0 Å². The fourth-order valence-electron chi connectivity index (χ4n) is 4.44. The molecule has 4 nitrogen and oxygen atoms in total. The van der Waals surface area contributed by atoms with Gasteiger partial charge < -0.3 is 10.2 Å². The van der Waals surface area contributed by atoms with Crippen molar-refractivity contribution in [1.29, 1.82) is 0 Å². The topological polar surface area (TPSA) is 45.2 Å². The first-order chi connectivity index (χ1) is 12.2. The van der Waals surface area contributed by atoms with Crippen LogP contribution in [0.2, 0.25) is 0 Å². The number of carbonyl (C=O) groups excluding carboxylic acids is 1. The number of rotatable bonds is 2. The standard InChI is InChI=1S/C20H22FN3O.2ClH/c21-13-3-6-18-16(9-13)17(10-19(23-18)12-1-2-12)20(25)24-14-4-5-15(24)11-22-8-7-14;;/h3,6,9-10,12,14-15,22H,1-2,4-5,7-8,11H2;2*1H. The lowest BCUT2D eigenvalue weighted by molar-refractivity contribution is 0.0682. The van der Waals surface area contributed by atoms with Gasteiger partial charge in [0.1, 0.15) is 5.82 Å². The minimum absolute atomic E-state index is 0. The van der Waals surface area contributed by atoms with Crippen LogP contribution in [0.4, 0.5) is 4.39 Å². The normalized spacial score (nSPS) is 24.1. The zero-order chi connectivity index (χ0) is 17.0. The molecule has 7 heteroatoms. The summed E-state index contributed by atoms with van der Waals surface area (Å²) in [6, 6.07) is 7.07. The lowest BCUT2D eigenvalue weighted by atomic mass is 10.0. The Morgan fingerprint density at radius 1 is 1.07 bits per heavy atom. The van der Waals surface area contributed by atoms with E-state index in [1.807, 2.05) is 6.07 Å². The van der Waals surface area contributed by atoms with Gasteiger partial charge >= 0.3 is 0 Å². The number of pyridine rings is 1. The first kappa shape index (κ1) is 20.3. The Labute approximate surface area is 170 Å². The largest absolute Gasteiger partial charge is 0.331 e. The predicted octanol–water partition coefficient (Wildman–Crippen LogP) is 4.06. The summed E-state index contributed by atoms with van der Waals surface area (Å²) in [5.74, 6) is 0.197. The summed E-state index contributed by atoms with van der Waals surface area (Å²) in [4.78, 5) is 20.2. The third kappa shape index (κ3) is 3.65. The second-order valence-electron chi connectivity index (χ2n) is 7.62. The molecule has 2 aromatic rings. The Morgan fingerprint density at radius 2 is 1.85 bits per heavy atom. The van der Waals surface area contributed by atoms with E-state index >= 15 is 0 Å². The van der Waals surface area contributed by atoms with E-state index in [0.717, 1.165) is 56.4 Å². The Bertz CT molecular complexity index is 844. The number of halogens is 3. The molecule has 27 heavy (non-hydrogen) atoms. The molecule has 1 aliphatic carbocycles. The monoisotopic (exact) mass is 411 g/mol. The predicted molar refractivity (Wildman–Crippen MR) is 109 cm³/mol. The fraction of sp³-hybridized carbons (Fsp3) is 0.500. The molecule has 5 rings (SSSR count). The van der Waals surface area contributed by atoms with E-state index in [0.29, 0.717) is 22.9 Å². The molecule has 2 unspecified atom stereocenters. The van der Waals surface area contributed by atoms with Gasteiger partial charge in [-0.1, -0.05) is 0 Å². The highest BCUT2D eigenvalue weighted by molar-refractivity contribution is 6.06. The first-order valence-electron chi connectivity index (χ1n) is 9.34. The molecular formula is C20H24Cl2FN3O. The van der Waals surface area contributed by atoms with Gasteiger partial charge in [0.2, 0.25) is 0 Å². The van der Waals surface area contributed by atoms with Crippen LogP contribution >= 0.6 is 24.8 Å². The molecule has 3 fully saturated rings. The lowest BCUT2D eigenvalue weighted by Crippen LogP contribution is -2.42. The summed E-state index contributed by atoms with van der Waals surface area (Å²) in [6.45, 7) is 1.82. The molecule has 1 aromatic carbocycles. The van der Waals surface area contributed by atoms with Crippen molar-refractivity contribution in [2.45, 2.75) is 50.1 Å². The zero-order valence-corrected chi connectivity index (χ0v) is 16.6. The van der Waals surface area contributed by atoms with Crippen LogP contribution in [0.1, 0.15) is 54.1 Å². The van der Waals surface area contributed by atoms with Gasteiger partial charge in [0, 0.05) is 35.6 Å². The Hall–Kier alpha value is -1.43. The lowest BCUT2D eigenvalue weighted by Gasteiger charge is -2.28. The third-order valence-corrected chi connectivity index (χ3v) is 5.91. The van der Waals surface area contributed by atoms with Gasteiger partial charge in [0.15, 0.2) is 0 Å². The highest BCUT2D eigenvalue weighted by Gasteiger charge is 2.39. The van der Waals surface area contributed by atoms with Crippen LogP contribution in [0.5, 0.6) is 0 Å². The Morgan fingerprint density at radius 3 is 2.63 bits per heavy atom. The average Bonchev–Trinajstić information content (AvgIpc) is 3.38. The molecule has 2 atom stereocenters. The van der Waals surface area contributed by atoms with Crippen LogP contribution in [0, 0.1) is 5.82 Å². The maximum Gasteiger partial charge on any atom is 0.255 e. The molecule has 1 aromatic heterocycles. The van der Waals surface area contributed by atoms with Crippen molar-refractivity contribution in [3.05, 3.63) is 41.3 Å². The summed E-state index contributed by atoms with van der Waals surface area (Å²) >= 11 is 0. The van der Waals surface area contributed by atoms with Crippen LogP contribution in [0.25, 0.3) is 10.9 Å². The summed E-state index contributed by atoms with van der Waals surface area (Å²) < 4.78 is 13.9. The molecule has 3 aliphatic rings. The second kappa shape index (κ2) is 7.90. The van der Waals surface area contributed by atoms with E-state index in [1.165, 1.54) is 12.1 Å². The third-order valence-electron chi connectivity index (χ3n) is 5.91. The van der Waals surface area contributed by atoms with Gasteiger partial charge in [-0.05, 0) is 62.9 Å². The number of benzene rings is 1. The number of fused-ring (bicyclic) bond motifs is 3. The minimum Gasteiger partial charge on any atom is -0.331 e. The van der Waals surface area contributed by atoms with Crippen molar-refractivity contribution in [2.75, 3.05) is 13.1 Å². The molecule has 3 heterocycles. The number of hydrogen-bond donors (Lipinski definition) is 1. The Balaban J connectivity index is 0.00000105. The molecule has 2 bridgehead atoms. The number of nitrogens with zero attached hydrogens (tertiary/aromatic N) is 2. The van der Waals surface area contributed by atoms with E-state index in [-0.39, 0.29) is 42.6 Å². The Kier molecular flexibility index (Phi) is 5.94. The summed E-state index contributed by atoms with van der Waals surface area (Å²) in [5, 5.41) is 4.08. The summed E-state index contributed by atoms with van der Waals surface area (Å²) in [7, 11) is 0. The van der Waals surface area contributed by atoms with E-state index in [2.05, 4.69) is 15.2 Å². The molecule has 0 radical (unpaired) electrons. The number of nitrogens with one attached hydrogen (secondary N) is 1. The molecular weight excluding hydrogens is 388 g/mol. The van der Waals surface area contributed by atoms with Crippen molar-refractivity contribution >= 4 is 41.6 Å². The molecule has 2 saturated heterocycles. The summed E-state index contributed by atoms with van der Waals surface area (Å²) in [6.07, 6.45) is 5.38. The van der Waals surface area contributed by atoms with Gasteiger partial charge in [0.05, 0.1) is 11.1 Å². The van der Waals surface area contributed by atoms with E-state index in [4.69, 9.17) is 0 Å². The number of aromatic nitrogens is 1. The van der Waals surface area contributed by atoms with Crippen molar-refractivity contribution in [1.82, 2.24) is 15.2 Å². The minimum atomic E-state index is -0.317. The van der Waals surface area contributed by atoms with Crippen molar-refractivity contribution in [3.8, 4) is 0 Å². The van der Waals surface area contributed by atoms with Gasteiger partial charge in [-0.2, -0.15) is 0 Å². The molecule has 2 aliphatic heterocycles. The maximum atomic E-state index is 13.9. The van der Waals surface area contributed by atoms with Crippen LogP contribution in [0.3, 0.4) is 0 Å². The number of amides is 1. The van der Waals surface area contributed by atoms with Gasteiger partial charge in [-0.15, -0.1) is 24.8 Å². The first-order valence-corrected chi connectivity index (χ1v) is 9.34. The summed E-state index contributed by atoms with van der Waals surface area (Å²) in [5.41, 5.74) is 2.35. The maximum absolute atomic E-state index is 13.9. The molecule has 1 saturated carbocycles. The van der Waals surface area contributed by atoms with E-state index in [1.54, 1.807) is 6.07 Å². The van der Waals surface area contributed by atoms with Crippen LogP contribution in [-0.4, -0.2) is 41.0 Å². The van der Waals surface area contributed by atoms with Crippen LogP contribution in [0.15, 0.2) is 24.3 Å². The highest BCUT2D eigenvalue weighted by Crippen LogP contribution is 2.41. The van der Waals surface area contributed by atoms with Crippen molar-refractivity contribution in [2.24, 2.45) is 0 Å². The molecule has 146 valence electrons. The average molecular weight is 412 g/mol. The number of hydrogen-bond acceptors (Lipinski definition) is 3. The van der Waals surface area contributed by atoms with Gasteiger partial charge in [-0.25, -0.2) is 4.39 Å². The SMILES string of the molecule is Cl.Cl.O=C(c1cc(C2CC2)nc2ccc(F)cc12)N1C2CCNCC1CC2. The van der Waals surface area contributed by atoms with E-state index in [9.17, 15) is 9.18 Å². The van der Waals surface area contributed by atoms with Crippen molar-refractivity contribution < 1.29 is 9.18 Å². The second-order valence-corrected chi connectivity index (χ2v) is 7.62. The molecule has 1 amide bonds. The highest BCUT2D eigenvalue weighted by atomic mass is 35.5. The zero-order valence-electron chi connectivity index (χ0n) is 15.0. The number of carbonyl (C=O) groups is 1. The van der Waals surface area contributed by atoms with Crippen LogP contribution < -0.4 is 5.32 Å². The van der Waals surface area contributed by atoms with E-state index < -0.39 is 0 Å². The smallest absolute Gasteiger partial charge is 0.255 e. The van der Waals surface area contributed by atoms with Gasteiger partial charge in [0.25, 0.3) is 5.91 Å². The molecule has 0 spiro atoms. The quantitative estimate of drug-likeness (QED) is 0.809. The fourth-order valence-corrected chi connectivity index (χ4v) is 4.44.